The van der Waals surface area contributed by atoms with Crippen molar-refractivity contribution in [3.63, 3.8) is 0 Å². The molecule has 0 aromatic heterocycles. The molecule has 0 saturated heterocycles. The van der Waals surface area contributed by atoms with Crippen LogP contribution in [0.25, 0.3) is 21.5 Å². The van der Waals surface area contributed by atoms with Crippen LogP contribution in [0.2, 0.25) is 0 Å². The highest BCUT2D eigenvalue weighted by molar-refractivity contribution is 6.02. The summed E-state index contributed by atoms with van der Waals surface area (Å²) >= 11 is 0. The maximum absolute atomic E-state index is 14.4. The van der Waals surface area contributed by atoms with Crippen molar-refractivity contribution in [1.29, 1.82) is 0 Å². The van der Waals surface area contributed by atoms with Crippen LogP contribution in [0.3, 0.4) is 0 Å². The molecule has 258 valence electrons. The van der Waals surface area contributed by atoms with Crippen molar-refractivity contribution < 1.29 is 29.0 Å². The number of ketones is 1. The number of aliphatic hydroxyl groups is 1. The number of carbonyl (C=O) groups excluding carboxylic acids is 3. The SMILES string of the molecule is C=C1CC[C@H]2[C@@H](/C=C(\C)C(=O)[C@@]3(O)C[C@H](C)[C@H](OC(=O)Cc4cccc5ccccc45)[C@@H]3[C@H]1OC(=O)Cc1cccc3ccccc13)C2(C)C. The summed E-state index contributed by atoms with van der Waals surface area (Å²) in [6.45, 7) is 12.5. The molecule has 4 aromatic carbocycles. The summed E-state index contributed by atoms with van der Waals surface area (Å²) in [6, 6.07) is 27.4. The molecule has 0 heterocycles. The Morgan fingerprint density at radius 3 is 1.98 bits per heavy atom. The Kier molecular flexibility index (Phi) is 8.80. The van der Waals surface area contributed by atoms with E-state index in [1.807, 2.05) is 97.9 Å². The van der Waals surface area contributed by atoms with E-state index in [4.69, 9.17) is 9.47 Å². The van der Waals surface area contributed by atoms with Gasteiger partial charge in [0.1, 0.15) is 17.8 Å². The molecule has 6 heteroatoms. The number of esters is 2. The number of Topliss-reactive ketones (excluding diaryl/α,β-unsaturated/α-hetero) is 1. The van der Waals surface area contributed by atoms with Crippen LogP contribution in [0.15, 0.2) is 109 Å². The van der Waals surface area contributed by atoms with E-state index in [0.29, 0.717) is 23.5 Å². The summed E-state index contributed by atoms with van der Waals surface area (Å²) in [7, 11) is 0. The van der Waals surface area contributed by atoms with Crippen molar-refractivity contribution in [3.05, 3.63) is 120 Å². The third-order valence-corrected chi connectivity index (χ3v) is 11.9. The minimum atomic E-state index is -1.93. The second-order valence-corrected chi connectivity index (χ2v) is 15.5. The second-order valence-electron chi connectivity index (χ2n) is 15.5. The fourth-order valence-electron chi connectivity index (χ4n) is 9.06. The van der Waals surface area contributed by atoms with E-state index in [1.54, 1.807) is 6.92 Å². The zero-order valence-corrected chi connectivity index (χ0v) is 29.4. The number of fused-ring (bicyclic) bond motifs is 4. The van der Waals surface area contributed by atoms with E-state index < -0.39 is 47.4 Å². The van der Waals surface area contributed by atoms with Crippen molar-refractivity contribution in [1.82, 2.24) is 0 Å². The molecule has 0 bridgehead atoms. The van der Waals surface area contributed by atoms with Crippen molar-refractivity contribution in [2.45, 2.75) is 77.6 Å². The van der Waals surface area contributed by atoms with Gasteiger partial charge < -0.3 is 14.6 Å². The molecule has 0 unspecified atom stereocenters. The maximum Gasteiger partial charge on any atom is 0.310 e. The Balaban J connectivity index is 1.24. The number of hydrogen-bond acceptors (Lipinski definition) is 6. The first kappa shape index (κ1) is 33.9. The number of allylic oxidation sites excluding steroid dienone is 1. The number of ether oxygens (including phenoxy) is 2. The largest absolute Gasteiger partial charge is 0.461 e. The molecule has 0 amide bonds. The lowest BCUT2D eigenvalue weighted by molar-refractivity contribution is -0.170. The Hall–Kier alpha value is -4.55. The van der Waals surface area contributed by atoms with Gasteiger partial charge in [-0.2, -0.15) is 0 Å². The predicted octanol–water partition coefficient (Wildman–Crippen LogP) is 8.13. The lowest BCUT2D eigenvalue weighted by Gasteiger charge is -2.37. The predicted molar refractivity (Wildman–Crippen MR) is 195 cm³/mol. The highest BCUT2D eigenvalue weighted by Crippen LogP contribution is 2.62. The number of benzene rings is 4. The lowest BCUT2D eigenvalue weighted by Crippen LogP contribution is -2.53. The fraction of sp³-hybridized carbons (Fsp3) is 0.386. The zero-order valence-electron chi connectivity index (χ0n) is 29.4. The fourth-order valence-corrected chi connectivity index (χ4v) is 9.06. The van der Waals surface area contributed by atoms with Gasteiger partial charge in [0.15, 0.2) is 5.78 Å². The van der Waals surface area contributed by atoms with E-state index in [-0.39, 0.29) is 30.6 Å². The standard InChI is InChI=1S/C44H46O6/c1-26-20-21-35-36(43(35,4)5)22-27(2)42(47)44(48)25-28(3)41(50-38(46)24-32-17-11-15-30-13-7-9-19-34(30)32)39(44)40(26)49-37(45)23-31-16-10-14-29-12-6-8-18-33(29)31/h6-19,22,28,35-36,39-41,48H,1,20-21,23-25H2,2-5H3/b27-22+/t28-,35-,36+,39-,40-,41-,44+/m0/s1. The first-order chi connectivity index (χ1) is 23.9. The molecule has 7 atom stereocenters. The summed E-state index contributed by atoms with van der Waals surface area (Å²) in [5.74, 6) is -2.27. The van der Waals surface area contributed by atoms with Gasteiger partial charge in [-0.1, -0.05) is 118 Å². The minimum Gasteiger partial charge on any atom is -0.461 e. The Morgan fingerprint density at radius 2 is 1.38 bits per heavy atom. The highest BCUT2D eigenvalue weighted by Gasteiger charge is 2.63. The van der Waals surface area contributed by atoms with Crippen LogP contribution in [0, 0.1) is 29.1 Å². The monoisotopic (exact) mass is 670 g/mol. The zero-order chi connectivity index (χ0) is 35.4. The Morgan fingerprint density at radius 1 is 0.840 bits per heavy atom. The first-order valence-corrected chi connectivity index (χ1v) is 17.8. The summed E-state index contributed by atoms with van der Waals surface area (Å²) < 4.78 is 12.7. The molecule has 6 nitrogen and oxygen atoms in total. The molecule has 3 aliphatic rings. The maximum atomic E-state index is 14.4. The van der Waals surface area contributed by atoms with Gasteiger partial charge in [0.2, 0.25) is 0 Å². The minimum absolute atomic E-state index is 0.00196. The van der Waals surface area contributed by atoms with Crippen molar-refractivity contribution in [2.24, 2.45) is 29.1 Å². The molecular formula is C44H46O6. The molecule has 2 fully saturated rings. The molecule has 0 spiro atoms. The van der Waals surface area contributed by atoms with Gasteiger partial charge in [-0.15, -0.1) is 0 Å². The van der Waals surface area contributed by atoms with Crippen LogP contribution in [0.1, 0.15) is 58.1 Å². The van der Waals surface area contributed by atoms with Gasteiger partial charge in [0.05, 0.1) is 18.8 Å². The average Bonchev–Trinajstić information content (AvgIpc) is 3.50. The van der Waals surface area contributed by atoms with Crippen LogP contribution in [0.4, 0.5) is 0 Å². The quantitative estimate of drug-likeness (QED) is 0.165. The van der Waals surface area contributed by atoms with Crippen molar-refractivity contribution in [2.75, 3.05) is 0 Å². The second kappa shape index (κ2) is 13.0. The molecule has 2 saturated carbocycles. The molecule has 0 aliphatic heterocycles. The molecule has 0 radical (unpaired) electrons. The number of hydrogen-bond donors (Lipinski definition) is 1. The van der Waals surface area contributed by atoms with Gasteiger partial charge in [-0.05, 0) is 93.2 Å². The lowest BCUT2D eigenvalue weighted by atomic mass is 9.77. The van der Waals surface area contributed by atoms with Gasteiger partial charge in [0, 0.05) is 0 Å². The van der Waals surface area contributed by atoms with Crippen molar-refractivity contribution >= 4 is 39.3 Å². The van der Waals surface area contributed by atoms with Crippen LogP contribution < -0.4 is 0 Å². The van der Waals surface area contributed by atoms with E-state index in [1.165, 1.54) is 0 Å². The van der Waals surface area contributed by atoms with Crippen LogP contribution in [-0.4, -0.2) is 40.6 Å². The normalized spacial score (nSPS) is 30.1. The van der Waals surface area contributed by atoms with E-state index >= 15 is 0 Å². The van der Waals surface area contributed by atoms with Crippen LogP contribution in [0.5, 0.6) is 0 Å². The molecule has 50 heavy (non-hydrogen) atoms. The molecule has 3 aliphatic carbocycles. The third kappa shape index (κ3) is 6.08. The van der Waals surface area contributed by atoms with Gasteiger partial charge >= 0.3 is 11.9 Å². The van der Waals surface area contributed by atoms with Crippen LogP contribution in [-0.2, 0) is 36.7 Å². The average molecular weight is 671 g/mol. The topological polar surface area (TPSA) is 89.9 Å². The molecule has 7 rings (SSSR count). The Labute approximate surface area is 294 Å². The van der Waals surface area contributed by atoms with E-state index in [0.717, 1.165) is 39.1 Å². The summed E-state index contributed by atoms with van der Waals surface area (Å²) in [5.41, 5.74) is 0.832. The summed E-state index contributed by atoms with van der Waals surface area (Å²) in [4.78, 5) is 42.1. The van der Waals surface area contributed by atoms with E-state index in [9.17, 15) is 19.5 Å². The van der Waals surface area contributed by atoms with Gasteiger partial charge in [-0.3, -0.25) is 14.4 Å². The van der Waals surface area contributed by atoms with Gasteiger partial charge in [0.25, 0.3) is 0 Å². The number of carbonyl (C=O) groups is 3. The first-order valence-electron chi connectivity index (χ1n) is 17.8. The van der Waals surface area contributed by atoms with Crippen LogP contribution >= 0.6 is 0 Å². The van der Waals surface area contributed by atoms with Crippen molar-refractivity contribution in [3.8, 4) is 0 Å². The smallest absolute Gasteiger partial charge is 0.310 e. The molecule has 1 N–H and O–H groups in total. The van der Waals surface area contributed by atoms with Gasteiger partial charge in [-0.25, -0.2) is 0 Å². The highest BCUT2D eigenvalue weighted by atomic mass is 16.6. The number of rotatable bonds is 6. The molecular weight excluding hydrogens is 624 g/mol. The summed E-state index contributed by atoms with van der Waals surface area (Å²) in [6.07, 6.45) is 1.53. The third-order valence-electron chi connectivity index (χ3n) is 11.9. The Bertz CT molecular complexity index is 2030. The van der Waals surface area contributed by atoms with E-state index in [2.05, 4.69) is 20.4 Å². The molecule has 4 aromatic rings. The summed E-state index contributed by atoms with van der Waals surface area (Å²) in [5, 5.41) is 16.6.